The summed E-state index contributed by atoms with van der Waals surface area (Å²) in [7, 11) is 0. The van der Waals surface area contributed by atoms with Gasteiger partial charge in [0.05, 0.1) is 20.6 Å². The summed E-state index contributed by atoms with van der Waals surface area (Å²) in [5.74, 6) is 0.406. The summed E-state index contributed by atoms with van der Waals surface area (Å²) < 4.78 is 21.0. The van der Waals surface area contributed by atoms with Crippen molar-refractivity contribution in [2.75, 3.05) is 11.4 Å². The number of aromatic amines is 1. The van der Waals surface area contributed by atoms with Crippen LogP contribution in [0.25, 0.3) is 22.2 Å². The summed E-state index contributed by atoms with van der Waals surface area (Å²) in [6.07, 6.45) is 5.19. The maximum Gasteiger partial charge on any atom is 0.166 e. The van der Waals surface area contributed by atoms with Crippen molar-refractivity contribution in [2.24, 2.45) is 0 Å². The van der Waals surface area contributed by atoms with E-state index in [1.807, 2.05) is 11.8 Å². The van der Waals surface area contributed by atoms with E-state index in [1.165, 1.54) is 18.5 Å². The highest BCUT2D eigenvalue weighted by Crippen LogP contribution is 2.39. The van der Waals surface area contributed by atoms with Crippen LogP contribution in [0.5, 0.6) is 5.75 Å². The number of rotatable bonds is 5. The zero-order valence-electron chi connectivity index (χ0n) is 17.7. The molecule has 1 N–H and O–H groups in total. The maximum atomic E-state index is 14.8. The number of hydrogen-bond donors (Lipinski definition) is 1. The second-order valence-electron chi connectivity index (χ2n) is 8.04. The molecule has 1 aliphatic heterocycles. The number of hydrogen-bond acceptors (Lipinski definition) is 5. The lowest BCUT2D eigenvalue weighted by Gasteiger charge is -2.39. The van der Waals surface area contributed by atoms with Crippen LogP contribution in [0.2, 0.25) is 15.1 Å². The van der Waals surface area contributed by atoms with Gasteiger partial charge < -0.3 is 9.64 Å². The molecular weight excluding hydrogens is 488 g/mol. The Hall–Kier alpha value is -2.61. The number of aromatic nitrogens is 4. The topological polar surface area (TPSA) is 66.9 Å². The van der Waals surface area contributed by atoms with Gasteiger partial charge in [-0.2, -0.15) is 5.10 Å². The van der Waals surface area contributed by atoms with E-state index in [0.717, 1.165) is 18.4 Å². The minimum atomic E-state index is -0.491. The standard InChI is InChI=1S/C23H19Cl3FN5O/c1-11-3-4-32(11)23-18(27)5-13(8-29-23)22-14-6-20(15(24)7-19(14)30-31-22)33-12(2)21-16(25)9-28-10-17(21)26/h5-12H,3-4H2,1-2H3,(H,30,31)/t11-,12?/m0/s1. The Morgan fingerprint density at radius 1 is 1.12 bits per heavy atom. The van der Waals surface area contributed by atoms with Crippen molar-refractivity contribution < 1.29 is 9.13 Å². The molecule has 6 nitrogen and oxygen atoms in total. The summed E-state index contributed by atoms with van der Waals surface area (Å²) in [6, 6.07) is 5.22. The van der Waals surface area contributed by atoms with E-state index >= 15 is 0 Å². The van der Waals surface area contributed by atoms with Crippen LogP contribution in [0.1, 0.15) is 31.9 Å². The average Bonchev–Trinajstić information content (AvgIpc) is 3.16. The first kappa shape index (κ1) is 22.2. The van der Waals surface area contributed by atoms with E-state index in [1.54, 1.807) is 18.3 Å². The van der Waals surface area contributed by atoms with Crippen LogP contribution >= 0.6 is 34.8 Å². The molecule has 0 radical (unpaired) electrons. The molecule has 5 rings (SSSR count). The number of anilines is 1. The van der Waals surface area contributed by atoms with Gasteiger partial charge in [-0.15, -0.1) is 0 Å². The van der Waals surface area contributed by atoms with Crippen LogP contribution in [-0.2, 0) is 0 Å². The zero-order chi connectivity index (χ0) is 23.3. The lowest BCUT2D eigenvalue weighted by Crippen LogP contribution is -2.46. The van der Waals surface area contributed by atoms with Gasteiger partial charge in [-0.05, 0) is 38.5 Å². The molecule has 33 heavy (non-hydrogen) atoms. The summed E-state index contributed by atoms with van der Waals surface area (Å²) >= 11 is 19.0. The lowest BCUT2D eigenvalue weighted by atomic mass is 10.0. The molecule has 4 aromatic rings. The normalized spacial score (nSPS) is 16.7. The molecule has 1 unspecified atom stereocenters. The Kier molecular flexibility index (Phi) is 5.80. The molecule has 1 fully saturated rings. The SMILES string of the molecule is CC(Oc1cc2c(-c3cnc(N4CC[C@@H]4C)c(F)c3)n[nH]c2cc1Cl)c1c(Cl)cncc1Cl. The van der Waals surface area contributed by atoms with Crippen LogP contribution in [0.4, 0.5) is 10.2 Å². The summed E-state index contributed by atoms with van der Waals surface area (Å²) in [5.41, 5.74) is 2.40. The molecule has 0 aliphatic carbocycles. The van der Waals surface area contributed by atoms with Crippen molar-refractivity contribution in [3.05, 3.63) is 63.2 Å². The van der Waals surface area contributed by atoms with Gasteiger partial charge in [-0.3, -0.25) is 10.1 Å². The molecule has 10 heteroatoms. The van der Waals surface area contributed by atoms with Gasteiger partial charge in [-0.25, -0.2) is 9.37 Å². The van der Waals surface area contributed by atoms with Crippen LogP contribution < -0.4 is 9.64 Å². The Morgan fingerprint density at radius 3 is 2.52 bits per heavy atom. The molecule has 2 atom stereocenters. The number of halogens is 4. The van der Waals surface area contributed by atoms with Gasteiger partial charge in [0.2, 0.25) is 0 Å². The van der Waals surface area contributed by atoms with E-state index in [-0.39, 0.29) is 11.9 Å². The molecule has 1 saturated heterocycles. The third-order valence-corrected chi connectivity index (χ3v) is 6.80. The molecule has 0 amide bonds. The number of benzene rings is 1. The van der Waals surface area contributed by atoms with Gasteiger partial charge in [0.25, 0.3) is 0 Å². The Labute approximate surface area is 204 Å². The first-order valence-corrected chi connectivity index (χ1v) is 11.5. The monoisotopic (exact) mass is 505 g/mol. The summed E-state index contributed by atoms with van der Waals surface area (Å²) in [6.45, 7) is 4.68. The zero-order valence-corrected chi connectivity index (χ0v) is 20.0. The molecule has 4 heterocycles. The largest absolute Gasteiger partial charge is 0.484 e. The predicted molar refractivity (Wildman–Crippen MR) is 129 cm³/mol. The fourth-order valence-electron chi connectivity index (χ4n) is 3.99. The summed E-state index contributed by atoms with van der Waals surface area (Å²) in [4.78, 5) is 10.3. The van der Waals surface area contributed by atoms with Gasteiger partial charge in [0.1, 0.15) is 17.5 Å². The van der Waals surface area contributed by atoms with Crippen LogP contribution in [0, 0.1) is 5.82 Å². The molecule has 0 spiro atoms. The number of fused-ring (bicyclic) bond motifs is 1. The quantitative estimate of drug-likeness (QED) is 0.320. The minimum Gasteiger partial charge on any atom is -0.484 e. The maximum absolute atomic E-state index is 14.8. The van der Waals surface area contributed by atoms with Crippen molar-refractivity contribution in [1.29, 1.82) is 0 Å². The van der Waals surface area contributed by atoms with E-state index in [0.29, 0.717) is 49.0 Å². The van der Waals surface area contributed by atoms with Gasteiger partial charge >= 0.3 is 0 Å². The first-order valence-electron chi connectivity index (χ1n) is 10.4. The van der Waals surface area contributed by atoms with Crippen LogP contribution in [-0.4, -0.2) is 32.8 Å². The second-order valence-corrected chi connectivity index (χ2v) is 9.26. The highest BCUT2D eigenvalue weighted by Gasteiger charge is 2.27. The Bertz CT molecular complexity index is 1340. The second kappa shape index (κ2) is 8.63. The smallest absolute Gasteiger partial charge is 0.166 e. The number of nitrogens with one attached hydrogen (secondary N) is 1. The van der Waals surface area contributed by atoms with E-state index in [2.05, 4.69) is 27.1 Å². The van der Waals surface area contributed by atoms with Gasteiger partial charge in [0.15, 0.2) is 11.6 Å². The van der Waals surface area contributed by atoms with E-state index in [4.69, 9.17) is 39.5 Å². The number of H-pyrrole nitrogens is 1. The van der Waals surface area contributed by atoms with Crippen molar-refractivity contribution >= 4 is 51.5 Å². The molecular formula is C23H19Cl3FN5O. The highest BCUT2D eigenvalue weighted by molar-refractivity contribution is 6.36. The first-order chi connectivity index (χ1) is 15.8. The summed E-state index contributed by atoms with van der Waals surface area (Å²) in [5, 5.41) is 9.21. The average molecular weight is 507 g/mol. The predicted octanol–water partition coefficient (Wildman–Crippen LogP) is 6.86. The van der Waals surface area contributed by atoms with Crippen molar-refractivity contribution in [3.63, 3.8) is 0 Å². The molecule has 0 bridgehead atoms. The number of pyridine rings is 2. The Balaban J connectivity index is 1.50. The van der Waals surface area contributed by atoms with Gasteiger partial charge in [0, 0.05) is 47.7 Å². The highest BCUT2D eigenvalue weighted by atomic mass is 35.5. The molecule has 1 aliphatic rings. The fraction of sp³-hybridized carbons (Fsp3) is 0.261. The third kappa shape index (κ3) is 3.98. The molecule has 0 saturated carbocycles. The number of ether oxygens (including phenoxy) is 1. The van der Waals surface area contributed by atoms with Crippen LogP contribution in [0.15, 0.2) is 36.8 Å². The van der Waals surface area contributed by atoms with E-state index in [9.17, 15) is 4.39 Å². The molecule has 170 valence electrons. The Morgan fingerprint density at radius 2 is 1.88 bits per heavy atom. The third-order valence-electron chi connectivity index (χ3n) is 5.90. The number of nitrogens with zero attached hydrogens (tertiary/aromatic N) is 4. The van der Waals surface area contributed by atoms with Crippen LogP contribution in [0.3, 0.4) is 0 Å². The molecule has 1 aromatic carbocycles. The van der Waals surface area contributed by atoms with Gasteiger partial charge in [-0.1, -0.05) is 34.8 Å². The van der Waals surface area contributed by atoms with Crippen molar-refractivity contribution in [1.82, 2.24) is 20.2 Å². The van der Waals surface area contributed by atoms with Crippen molar-refractivity contribution in [2.45, 2.75) is 32.4 Å². The van der Waals surface area contributed by atoms with Crippen molar-refractivity contribution in [3.8, 4) is 17.0 Å². The lowest BCUT2D eigenvalue weighted by molar-refractivity contribution is 0.227. The fourth-order valence-corrected chi connectivity index (χ4v) is 4.87. The molecule has 3 aromatic heterocycles. The van der Waals surface area contributed by atoms with E-state index < -0.39 is 6.10 Å². The minimum absolute atomic E-state index is 0.287.